The van der Waals surface area contributed by atoms with Crippen LogP contribution in [0.5, 0.6) is 0 Å². The van der Waals surface area contributed by atoms with Gasteiger partial charge in [0.25, 0.3) is 0 Å². The number of amides is 1. The lowest BCUT2D eigenvalue weighted by molar-refractivity contribution is -0.132. The zero-order chi connectivity index (χ0) is 15.2. The van der Waals surface area contributed by atoms with Crippen LogP contribution in [-0.4, -0.2) is 29.1 Å². The van der Waals surface area contributed by atoms with Gasteiger partial charge in [-0.3, -0.25) is 10.1 Å². The first-order valence-corrected chi connectivity index (χ1v) is 8.33. The molecule has 0 bridgehead atoms. The highest BCUT2D eigenvalue weighted by atomic mass is 16.2. The van der Waals surface area contributed by atoms with E-state index < -0.39 is 0 Å². The van der Waals surface area contributed by atoms with Crippen LogP contribution < -0.4 is 5.32 Å². The van der Waals surface area contributed by atoms with Gasteiger partial charge in [0, 0.05) is 6.04 Å². The molecule has 3 nitrogen and oxygen atoms in total. The van der Waals surface area contributed by atoms with Crippen LogP contribution in [-0.2, 0) is 11.2 Å². The second-order valence-electron chi connectivity index (χ2n) is 5.93. The van der Waals surface area contributed by atoms with E-state index in [9.17, 15) is 4.79 Å². The normalized spacial score (nSPS) is 22.3. The van der Waals surface area contributed by atoms with Gasteiger partial charge >= 0.3 is 0 Å². The van der Waals surface area contributed by atoms with Crippen molar-refractivity contribution >= 4 is 5.91 Å². The zero-order valence-corrected chi connectivity index (χ0v) is 13.5. The Hall–Kier alpha value is -1.35. The monoisotopic (exact) mass is 288 g/mol. The molecular weight excluding hydrogens is 260 g/mol. The van der Waals surface area contributed by atoms with E-state index in [0.29, 0.717) is 6.04 Å². The minimum atomic E-state index is -0.0652. The van der Waals surface area contributed by atoms with E-state index in [4.69, 9.17) is 0 Å². The molecule has 1 aromatic carbocycles. The predicted octanol–water partition coefficient (Wildman–Crippen LogP) is 3.34. The average Bonchev–Trinajstić information content (AvgIpc) is 2.79. The molecule has 1 aromatic rings. The van der Waals surface area contributed by atoms with Crippen LogP contribution in [0.4, 0.5) is 0 Å². The summed E-state index contributed by atoms with van der Waals surface area (Å²) in [5.74, 6) is 0.283. The van der Waals surface area contributed by atoms with Gasteiger partial charge in [-0.2, -0.15) is 0 Å². The molecule has 1 amide bonds. The second-order valence-corrected chi connectivity index (χ2v) is 5.93. The van der Waals surface area contributed by atoms with Gasteiger partial charge in [-0.15, -0.1) is 0 Å². The van der Waals surface area contributed by atoms with Crippen LogP contribution in [0.1, 0.15) is 52.0 Å². The third-order valence-electron chi connectivity index (χ3n) is 4.46. The van der Waals surface area contributed by atoms with Crippen molar-refractivity contribution in [2.24, 2.45) is 0 Å². The van der Waals surface area contributed by atoms with Gasteiger partial charge in [-0.05, 0) is 31.2 Å². The van der Waals surface area contributed by atoms with Crippen molar-refractivity contribution in [2.45, 2.75) is 71.1 Å². The molecule has 1 fully saturated rings. The molecule has 0 radical (unpaired) electrons. The lowest BCUT2D eigenvalue weighted by atomic mass is 10.1. The van der Waals surface area contributed by atoms with E-state index in [1.54, 1.807) is 0 Å². The highest BCUT2D eigenvalue weighted by Crippen LogP contribution is 2.23. The Morgan fingerprint density at radius 2 is 1.81 bits per heavy atom. The van der Waals surface area contributed by atoms with E-state index in [1.165, 1.54) is 5.56 Å². The van der Waals surface area contributed by atoms with Crippen molar-refractivity contribution in [3.05, 3.63) is 35.9 Å². The molecule has 0 saturated carbocycles. The topological polar surface area (TPSA) is 32.3 Å². The SMILES string of the molecule is CCCC1NC(Cc2ccccc2)C(=O)N1C(CC)CC. The smallest absolute Gasteiger partial charge is 0.241 e. The molecule has 0 aromatic heterocycles. The van der Waals surface area contributed by atoms with E-state index in [-0.39, 0.29) is 18.1 Å². The average molecular weight is 288 g/mol. The second kappa shape index (κ2) is 7.60. The first kappa shape index (κ1) is 16.0. The molecule has 2 atom stereocenters. The van der Waals surface area contributed by atoms with Gasteiger partial charge < -0.3 is 4.90 Å². The molecule has 3 heteroatoms. The summed E-state index contributed by atoms with van der Waals surface area (Å²) >= 11 is 0. The van der Waals surface area contributed by atoms with Gasteiger partial charge in [0.15, 0.2) is 0 Å². The minimum Gasteiger partial charge on any atom is -0.323 e. The molecule has 2 unspecified atom stereocenters. The maximum absolute atomic E-state index is 12.8. The maximum Gasteiger partial charge on any atom is 0.241 e. The first-order chi connectivity index (χ1) is 10.2. The third-order valence-corrected chi connectivity index (χ3v) is 4.46. The van der Waals surface area contributed by atoms with E-state index in [2.05, 4.69) is 43.1 Å². The largest absolute Gasteiger partial charge is 0.323 e. The molecule has 0 spiro atoms. The number of nitrogens with one attached hydrogen (secondary N) is 1. The van der Waals surface area contributed by atoms with Gasteiger partial charge in [0.05, 0.1) is 12.2 Å². The number of carbonyl (C=O) groups is 1. The Bertz CT molecular complexity index is 442. The quantitative estimate of drug-likeness (QED) is 0.834. The summed E-state index contributed by atoms with van der Waals surface area (Å²) in [4.78, 5) is 14.9. The Morgan fingerprint density at radius 1 is 1.14 bits per heavy atom. The van der Waals surface area contributed by atoms with Crippen LogP contribution in [0, 0.1) is 0 Å². The molecule has 1 saturated heterocycles. The van der Waals surface area contributed by atoms with Gasteiger partial charge in [0.2, 0.25) is 5.91 Å². The number of benzene rings is 1. The molecule has 2 rings (SSSR count). The van der Waals surface area contributed by atoms with Crippen molar-refractivity contribution in [3.8, 4) is 0 Å². The van der Waals surface area contributed by atoms with Crippen molar-refractivity contribution in [1.29, 1.82) is 0 Å². The number of carbonyl (C=O) groups excluding carboxylic acids is 1. The van der Waals surface area contributed by atoms with Crippen LogP contribution >= 0.6 is 0 Å². The summed E-state index contributed by atoms with van der Waals surface area (Å²) in [5.41, 5.74) is 1.23. The minimum absolute atomic E-state index is 0.0652. The zero-order valence-electron chi connectivity index (χ0n) is 13.5. The fraction of sp³-hybridized carbons (Fsp3) is 0.611. The molecule has 21 heavy (non-hydrogen) atoms. The predicted molar refractivity (Wildman–Crippen MR) is 87.0 cm³/mol. The molecule has 1 aliphatic rings. The molecule has 116 valence electrons. The highest BCUT2D eigenvalue weighted by molar-refractivity contribution is 5.85. The summed E-state index contributed by atoms with van der Waals surface area (Å²) < 4.78 is 0. The van der Waals surface area contributed by atoms with Crippen LogP contribution in [0.15, 0.2) is 30.3 Å². The van der Waals surface area contributed by atoms with Gasteiger partial charge in [-0.25, -0.2) is 0 Å². The summed E-state index contributed by atoms with van der Waals surface area (Å²) in [7, 11) is 0. The molecular formula is C18H28N2O. The summed E-state index contributed by atoms with van der Waals surface area (Å²) in [6, 6.07) is 10.6. The summed E-state index contributed by atoms with van der Waals surface area (Å²) in [6.45, 7) is 6.53. The van der Waals surface area contributed by atoms with E-state index in [0.717, 1.165) is 32.1 Å². The molecule has 1 N–H and O–H groups in total. The Kier molecular flexibility index (Phi) is 5.80. The number of nitrogens with zero attached hydrogens (tertiary/aromatic N) is 1. The number of hydrogen-bond donors (Lipinski definition) is 1. The van der Waals surface area contributed by atoms with E-state index in [1.807, 2.05) is 18.2 Å². The lowest BCUT2D eigenvalue weighted by Crippen LogP contribution is -2.44. The molecule has 1 aliphatic heterocycles. The molecule has 0 aliphatic carbocycles. The van der Waals surface area contributed by atoms with Gasteiger partial charge in [-0.1, -0.05) is 57.5 Å². The molecule has 1 heterocycles. The van der Waals surface area contributed by atoms with Crippen LogP contribution in [0.25, 0.3) is 0 Å². The Balaban J connectivity index is 2.12. The Morgan fingerprint density at radius 3 is 2.38 bits per heavy atom. The standard InChI is InChI=1S/C18H28N2O/c1-4-10-17-19-16(13-14-11-8-7-9-12-14)18(21)20(17)15(5-2)6-3/h7-9,11-12,15-17,19H,4-6,10,13H2,1-3H3. The van der Waals surface area contributed by atoms with Gasteiger partial charge in [0.1, 0.15) is 0 Å². The van der Waals surface area contributed by atoms with E-state index >= 15 is 0 Å². The summed E-state index contributed by atoms with van der Waals surface area (Å²) in [5, 5.41) is 3.57. The lowest BCUT2D eigenvalue weighted by Gasteiger charge is -2.31. The fourth-order valence-electron chi connectivity index (χ4n) is 3.33. The summed E-state index contributed by atoms with van der Waals surface area (Å²) in [6.07, 6.45) is 5.19. The maximum atomic E-state index is 12.8. The van der Waals surface area contributed by atoms with Crippen molar-refractivity contribution < 1.29 is 4.79 Å². The highest BCUT2D eigenvalue weighted by Gasteiger charge is 2.40. The van der Waals surface area contributed by atoms with Crippen molar-refractivity contribution in [3.63, 3.8) is 0 Å². The number of hydrogen-bond acceptors (Lipinski definition) is 2. The Labute approximate surface area is 128 Å². The third kappa shape index (κ3) is 3.65. The van der Waals surface area contributed by atoms with Crippen LogP contribution in [0.2, 0.25) is 0 Å². The number of rotatable bonds is 7. The fourth-order valence-corrected chi connectivity index (χ4v) is 3.33. The first-order valence-electron chi connectivity index (χ1n) is 8.33. The van der Waals surface area contributed by atoms with Crippen molar-refractivity contribution in [1.82, 2.24) is 10.2 Å². The van der Waals surface area contributed by atoms with Crippen molar-refractivity contribution in [2.75, 3.05) is 0 Å². The van der Waals surface area contributed by atoms with Crippen LogP contribution in [0.3, 0.4) is 0 Å².